The van der Waals surface area contributed by atoms with Gasteiger partial charge in [-0.25, -0.2) is 0 Å². The first kappa shape index (κ1) is 55.2. The standard InChI is InChI=1S/3C10H21.4C4H9O.Al.Ti/c3*1-3-5-7-9-10-8-6-4-2;4*1-2-3-4-5;;/h3*1,3-10H2,2H3;4*2-4H2,1H3;;/q;;;4*-1;;+4. The molecule has 0 aliphatic carbocycles. The Kier molecular flexibility index (Phi) is 51.2. The van der Waals surface area contributed by atoms with Crippen molar-refractivity contribution in [1.82, 2.24) is 0 Å². The monoisotopic (exact) mass is 791 g/mol. The van der Waals surface area contributed by atoms with Gasteiger partial charge < -0.3 is 0 Å². The summed E-state index contributed by atoms with van der Waals surface area (Å²) in [4.78, 5) is 0. The van der Waals surface area contributed by atoms with E-state index in [2.05, 4.69) is 48.5 Å². The van der Waals surface area contributed by atoms with Crippen molar-refractivity contribution >= 4 is 14.1 Å². The fourth-order valence-corrected chi connectivity index (χ4v) is 13.5. The van der Waals surface area contributed by atoms with Crippen LogP contribution >= 0.6 is 0 Å². The van der Waals surface area contributed by atoms with Gasteiger partial charge in [0.05, 0.1) is 0 Å². The second-order valence-corrected chi connectivity index (χ2v) is 22.8. The Balaban J connectivity index is 0. The molecule has 0 N–H and O–H groups in total. The zero-order chi connectivity index (χ0) is 38.5. The molecule has 314 valence electrons. The molecule has 0 aromatic rings. The summed E-state index contributed by atoms with van der Waals surface area (Å²) >= 11 is -3.96. The van der Waals surface area contributed by atoms with E-state index < -0.39 is 32.3 Å². The Hall–Kier alpha value is 1.09. The molecule has 0 aliphatic rings. The van der Waals surface area contributed by atoms with E-state index in [1.54, 1.807) is 35.1 Å². The van der Waals surface area contributed by atoms with Gasteiger partial charge in [-0.2, -0.15) is 0 Å². The minimum absolute atomic E-state index is 0.444. The van der Waals surface area contributed by atoms with Crippen molar-refractivity contribution < 1.29 is 31.4 Å². The molecule has 0 aliphatic heterocycles. The van der Waals surface area contributed by atoms with E-state index in [1.807, 2.05) is 0 Å². The number of hydrogen-bond donors (Lipinski definition) is 0. The predicted molar refractivity (Wildman–Crippen MR) is 231 cm³/mol. The summed E-state index contributed by atoms with van der Waals surface area (Å²) in [6.45, 7) is 18.3. The Morgan fingerprint density at radius 2 is 0.442 bits per heavy atom. The van der Waals surface area contributed by atoms with Crippen LogP contribution in [0, 0.1) is 0 Å². The minimum atomic E-state index is -3.52. The summed E-state index contributed by atoms with van der Waals surface area (Å²) in [6, 6.07) is 0. The molecule has 4 nitrogen and oxygen atoms in total. The first-order valence-corrected chi connectivity index (χ1v) is 29.1. The van der Waals surface area contributed by atoms with Crippen molar-refractivity contribution in [2.45, 2.75) is 270 Å². The Bertz CT molecular complexity index is 532. The zero-order valence-electron chi connectivity index (χ0n) is 37.3. The SMILES string of the molecule is CCCCCCCCC[CH2][Al]([CH2]CCCCCCCCC)[CH2]CCCCCCCCC.CCCC[O][Ti]([O]CCCC)([O]CCCC)[O]CCCC. The molecule has 0 atom stereocenters. The van der Waals surface area contributed by atoms with E-state index in [9.17, 15) is 0 Å². The van der Waals surface area contributed by atoms with Crippen LogP contribution in [0.5, 0.6) is 0 Å². The normalized spacial score (nSPS) is 11.6. The van der Waals surface area contributed by atoms with E-state index in [1.165, 1.54) is 135 Å². The maximum absolute atomic E-state index is 6.03. The number of rotatable bonds is 43. The third kappa shape index (κ3) is 42.2. The van der Waals surface area contributed by atoms with Gasteiger partial charge in [-0.3, -0.25) is 0 Å². The van der Waals surface area contributed by atoms with Crippen LogP contribution < -0.4 is 0 Å². The number of hydrogen-bond acceptors (Lipinski definition) is 4. The average Bonchev–Trinajstić information content (AvgIpc) is 3.15. The summed E-state index contributed by atoms with van der Waals surface area (Å²) < 4.78 is 24.1. The van der Waals surface area contributed by atoms with Crippen molar-refractivity contribution in [3.63, 3.8) is 0 Å². The topological polar surface area (TPSA) is 36.9 Å². The molecule has 0 aromatic carbocycles. The summed E-state index contributed by atoms with van der Waals surface area (Å²) in [7, 11) is 0. The zero-order valence-corrected chi connectivity index (χ0v) is 40.0. The van der Waals surface area contributed by atoms with Crippen LogP contribution in [-0.2, 0) is 31.4 Å². The molecule has 52 heavy (non-hydrogen) atoms. The molecule has 0 rings (SSSR count). The van der Waals surface area contributed by atoms with Crippen LogP contribution in [0.15, 0.2) is 0 Å². The van der Waals surface area contributed by atoms with Crippen LogP contribution in [0.1, 0.15) is 254 Å². The van der Waals surface area contributed by atoms with Crippen molar-refractivity contribution in [1.29, 1.82) is 0 Å². The van der Waals surface area contributed by atoms with Crippen LogP contribution in [0.25, 0.3) is 0 Å². The molecular formula is C46H99AlO4Ti. The predicted octanol–water partition coefficient (Wildman–Crippen LogP) is 17.0. The van der Waals surface area contributed by atoms with E-state index >= 15 is 0 Å². The second-order valence-electron chi connectivity index (χ2n) is 16.0. The van der Waals surface area contributed by atoms with Crippen molar-refractivity contribution in [3.8, 4) is 0 Å². The quantitative estimate of drug-likeness (QED) is 0.0455. The molecule has 0 heterocycles. The molecule has 0 amide bonds. The second kappa shape index (κ2) is 48.2. The van der Waals surface area contributed by atoms with Gasteiger partial charge in [0.1, 0.15) is 0 Å². The summed E-state index contributed by atoms with van der Waals surface area (Å²) in [5.74, 6) is 0. The van der Waals surface area contributed by atoms with Crippen molar-refractivity contribution in [2.24, 2.45) is 0 Å². The fourth-order valence-electron chi connectivity index (χ4n) is 6.75. The average molecular weight is 791 g/mol. The maximum atomic E-state index is 6.03. The molecule has 0 saturated heterocycles. The van der Waals surface area contributed by atoms with Gasteiger partial charge in [-0.15, -0.1) is 0 Å². The van der Waals surface area contributed by atoms with Crippen molar-refractivity contribution in [2.75, 3.05) is 26.4 Å². The van der Waals surface area contributed by atoms with Gasteiger partial charge in [-0.05, 0) is 0 Å². The third-order valence-electron chi connectivity index (χ3n) is 10.5. The van der Waals surface area contributed by atoms with Gasteiger partial charge >= 0.3 is 137 Å². The van der Waals surface area contributed by atoms with Crippen LogP contribution in [-0.4, -0.2) is 40.6 Å². The molecule has 0 bridgehead atoms. The fraction of sp³-hybridized carbons (Fsp3) is 1.00. The first-order valence-electron chi connectivity index (χ1n) is 24.1. The van der Waals surface area contributed by atoms with E-state index in [-0.39, 0.29) is 0 Å². The van der Waals surface area contributed by atoms with Gasteiger partial charge in [0.15, 0.2) is 0 Å². The first-order chi connectivity index (χ1) is 25.6. The van der Waals surface area contributed by atoms with E-state index in [4.69, 9.17) is 13.3 Å². The third-order valence-corrected chi connectivity index (χ3v) is 17.7. The van der Waals surface area contributed by atoms with E-state index in [0.717, 1.165) is 51.4 Å². The Morgan fingerprint density at radius 3 is 0.654 bits per heavy atom. The van der Waals surface area contributed by atoms with Gasteiger partial charge in [-0.1, -0.05) is 191 Å². The molecule has 6 heteroatoms. The van der Waals surface area contributed by atoms with Gasteiger partial charge in [0, 0.05) is 0 Å². The van der Waals surface area contributed by atoms with Crippen molar-refractivity contribution in [3.05, 3.63) is 0 Å². The van der Waals surface area contributed by atoms with E-state index in [0.29, 0.717) is 26.4 Å². The molecule has 0 fully saturated rings. The summed E-state index contributed by atoms with van der Waals surface area (Å²) in [5.41, 5.74) is 0. The molecule has 0 spiro atoms. The molecule has 0 radical (unpaired) electrons. The number of unbranched alkanes of at least 4 members (excludes halogenated alkanes) is 25. The Morgan fingerprint density at radius 1 is 0.250 bits per heavy atom. The van der Waals surface area contributed by atoms with Gasteiger partial charge in [0.25, 0.3) is 14.1 Å². The molecule has 0 unspecified atom stereocenters. The molecule has 0 aromatic heterocycles. The van der Waals surface area contributed by atoms with Gasteiger partial charge in [0.2, 0.25) is 0 Å². The van der Waals surface area contributed by atoms with Crippen LogP contribution in [0.2, 0.25) is 15.8 Å². The van der Waals surface area contributed by atoms with Crippen LogP contribution in [0.4, 0.5) is 0 Å². The van der Waals surface area contributed by atoms with Crippen LogP contribution in [0.3, 0.4) is 0 Å². The molecule has 0 saturated carbocycles. The summed E-state index contributed by atoms with van der Waals surface area (Å²) in [6.07, 6.45) is 44.3. The summed E-state index contributed by atoms with van der Waals surface area (Å²) in [5, 5.41) is 5.01. The Labute approximate surface area is 339 Å². The molecular weight excluding hydrogens is 691 g/mol.